The Hall–Kier alpha value is -1.83. The number of aryl methyl sites for hydroxylation is 1. The van der Waals surface area contributed by atoms with Gasteiger partial charge in [-0.25, -0.2) is 0 Å². The molecule has 0 amide bonds. The molecule has 0 bridgehead atoms. The molecule has 0 aliphatic carbocycles. The first-order valence-electron chi connectivity index (χ1n) is 5.04. The predicted octanol–water partition coefficient (Wildman–Crippen LogP) is 3.00. The molecule has 0 radical (unpaired) electrons. The van der Waals surface area contributed by atoms with Crippen molar-refractivity contribution >= 4 is 5.69 Å². The number of hydrogen-bond donors (Lipinski definition) is 1. The minimum Gasteiger partial charge on any atom is -0.380 e. The van der Waals surface area contributed by atoms with Gasteiger partial charge in [0.25, 0.3) is 0 Å². The van der Waals surface area contributed by atoms with Gasteiger partial charge in [0, 0.05) is 18.9 Å². The van der Waals surface area contributed by atoms with Crippen molar-refractivity contribution in [1.29, 1.82) is 0 Å². The third-order valence-electron chi connectivity index (χ3n) is 2.28. The zero-order valence-electron chi connectivity index (χ0n) is 8.77. The molecule has 0 spiro atoms. The molecule has 0 aliphatic heterocycles. The summed E-state index contributed by atoms with van der Waals surface area (Å²) < 4.78 is 0. The number of anilines is 1. The molecule has 2 heteroatoms. The highest BCUT2D eigenvalue weighted by Crippen LogP contribution is 2.07. The van der Waals surface area contributed by atoms with Crippen LogP contribution in [0.5, 0.6) is 0 Å². The summed E-state index contributed by atoms with van der Waals surface area (Å²) >= 11 is 0. The summed E-state index contributed by atoms with van der Waals surface area (Å²) in [6.07, 6.45) is 3.60. The van der Waals surface area contributed by atoms with Gasteiger partial charge in [0.05, 0.1) is 5.69 Å². The number of nitrogens with zero attached hydrogens (tertiary/aromatic N) is 1. The summed E-state index contributed by atoms with van der Waals surface area (Å²) in [6, 6.07) is 12.5. The van der Waals surface area contributed by atoms with Crippen LogP contribution in [0.25, 0.3) is 0 Å². The fraction of sp³-hybridized carbons (Fsp3) is 0.154. The van der Waals surface area contributed by atoms with Crippen LogP contribution in [-0.2, 0) is 6.54 Å². The van der Waals surface area contributed by atoms with Crippen LogP contribution in [0.1, 0.15) is 11.1 Å². The van der Waals surface area contributed by atoms with E-state index in [2.05, 4.69) is 41.5 Å². The highest BCUT2D eigenvalue weighted by atomic mass is 14.9. The number of rotatable bonds is 3. The highest BCUT2D eigenvalue weighted by Gasteiger charge is 1.93. The molecule has 1 heterocycles. The zero-order chi connectivity index (χ0) is 10.5. The standard InChI is InChI=1S/C13H14N2/c1-11-4-6-12(7-5-11)9-15-13-3-2-8-14-10-13/h2-8,10,15H,9H2,1H3. The van der Waals surface area contributed by atoms with E-state index in [1.54, 1.807) is 6.20 Å². The van der Waals surface area contributed by atoms with Crippen molar-refractivity contribution < 1.29 is 0 Å². The molecule has 2 nitrogen and oxygen atoms in total. The maximum absolute atomic E-state index is 4.05. The Labute approximate surface area is 90.0 Å². The fourth-order valence-corrected chi connectivity index (χ4v) is 1.38. The Balaban J connectivity index is 1.96. The molecule has 2 aromatic rings. The molecule has 1 aromatic heterocycles. The lowest BCUT2D eigenvalue weighted by atomic mass is 10.1. The Morgan fingerprint density at radius 3 is 2.60 bits per heavy atom. The largest absolute Gasteiger partial charge is 0.380 e. The monoisotopic (exact) mass is 198 g/mol. The van der Waals surface area contributed by atoms with E-state index in [0.29, 0.717) is 0 Å². The second-order valence-corrected chi connectivity index (χ2v) is 3.58. The lowest BCUT2D eigenvalue weighted by Crippen LogP contribution is -1.99. The van der Waals surface area contributed by atoms with Gasteiger partial charge in [-0.15, -0.1) is 0 Å². The smallest absolute Gasteiger partial charge is 0.0529 e. The van der Waals surface area contributed by atoms with Crippen LogP contribution in [0.15, 0.2) is 48.8 Å². The van der Waals surface area contributed by atoms with Crippen molar-refractivity contribution in [3.8, 4) is 0 Å². The summed E-state index contributed by atoms with van der Waals surface area (Å²) in [4.78, 5) is 4.05. The third-order valence-corrected chi connectivity index (χ3v) is 2.28. The summed E-state index contributed by atoms with van der Waals surface area (Å²) in [5.41, 5.74) is 3.63. The maximum atomic E-state index is 4.05. The van der Waals surface area contributed by atoms with Crippen molar-refractivity contribution in [3.63, 3.8) is 0 Å². The Bertz CT molecular complexity index is 406. The minimum absolute atomic E-state index is 0.839. The van der Waals surface area contributed by atoms with E-state index in [4.69, 9.17) is 0 Å². The lowest BCUT2D eigenvalue weighted by Gasteiger charge is -2.05. The van der Waals surface area contributed by atoms with Gasteiger partial charge in [-0.3, -0.25) is 4.98 Å². The van der Waals surface area contributed by atoms with E-state index < -0.39 is 0 Å². The first-order valence-corrected chi connectivity index (χ1v) is 5.04. The van der Waals surface area contributed by atoms with Crippen molar-refractivity contribution in [2.75, 3.05) is 5.32 Å². The van der Waals surface area contributed by atoms with Crippen LogP contribution in [0, 0.1) is 6.92 Å². The number of aromatic nitrogens is 1. The van der Waals surface area contributed by atoms with Gasteiger partial charge in [-0.05, 0) is 24.6 Å². The molecule has 1 aromatic carbocycles. The van der Waals surface area contributed by atoms with E-state index in [9.17, 15) is 0 Å². The first-order chi connectivity index (χ1) is 7.34. The van der Waals surface area contributed by atoms with Crippen molar-refractivity contribution in [1.82, 2.24) is 4.98 Å². The van der Waals surface area contributed by atoms with Crippen LogP contribution in [-0.4, -0.2) is 4.98 Å². The molecule has 15 heavy (non-hydrogen) atoms. The molecule has 2 rings (SSSR count). The fourth-order valence-electron chi connectivity index (χ4n) is 1.38. The number of nitrogens with one attached hydrogen (secondary N) is 1. The SMILES string of the molecule is Cc1ccc(CNc2cccnc2)cc1. The van der Waals surface area contributed by atoms with E-state index in [1.807, 2.05) is 18.3 Å². The Morgan fingerprint density at radius 2 is 1.93 bits per heavy atom. The predicted molar refractivity (Wildman–Crippen MR) is 62.7 cm³/mol. The number of benzene rings is 1. The highest BCUT2D eigenvalue weighted by molar-refractivity contribution is 5.40. The topological polar surface area (TPSA) is 24.9 Å². The Morgan fingerprint density at radius 1 is 1.13 bits per heavy atom. The number of pyridine rings is 1. The van der Waals surface area contributed by atoms with Crippen molar-refractivity contribution in [2.24, 2.45) is 0 Å². The average Bonchev–Trinajstić information content (AvgIpc) is 2.30. The quantitative estimate of drug-likeness (QED) is 0.820. The summed E-state index contributed by atoms with van der Waals surface area (Å²) in [5.74, 6) is 0. The molecule has 0 atom stereocenters. The molecule has 1 N–H and O–H groups in total. The second kappa shape index (κ2) is 4.60. The van der Waals surface area contributed by atoms with E-state index >= 15 is 0 Å². The molecule has 0 unspecified atom stereocenters. The van der Waals surface area contributed by atoms with Crippen LogP contribution in [0.4, 0.5) is 5.69 Å². The molecular formula is C13H14N2. The van der Waals surface area contributed by atoms with Gasteiger partial charge in [0.2, 0.25) is 0 Å². The van der Waals surface area contributed by atoms with Gasteiger partial charge in [-0.1, -0.05) is 29.8 Å². The minimum atomic E-state index is 0.839. The zero-order valence-corrected chi connectivity index (χ0v) is 8.77. The van der Waals surface area contributed by atoms with Gasteiger partial charge in [0.1, 0.15) is 0 Å². The maximum Gasteiger partial charge on any atom is 0.0529 e. The summed E-state index contributed by atoms with van der Waals surface area (Å²) in [6.45, 7) is 2.93. The summed E-state index contributed by atoms with van der Waals surface area (Å²) in [7, 11) is 0. The first kappa shape index (κ1) is 9.71. The van der Waals surface area contributed by atoms with Crippen LogP contribution in [0.3, 0.4) is 0 Å². The Kier molecular flexibility index (Phi) is 2.98. The average molecular weight is 198 g/mol. The van der Waals surface area contributed by atoms with Crippen molar-refractivity contribution in [2.45, 2.75) is 13.5 Å². The van der Waals surface area contributed by atoms with Gasteiger partial charge in [-0.2, -0.15) is 0 Å². The molecule has 0 fully saturated rings. The normalized spacial score (nSPS) is 9.93. The summed E-state index contributed by atoms with van der Waals surface area (Å²) in [5, 5.41) is 3.32. The van der Waals surface area contributed by atoms with Crippen LogP contribution in [0.2, 0.25) is 0 Å². The van der Waals surface area contributed by atoms with Crippen LogP contribution >= 0.6 is 0 Å². The molecule has 0 saturated heterocycles. The van der Waals surface area contributed by atoms with Gasteiger partial charge < -0.3 is 5.32 Å². The van der Waals surface area contributed by atoms with E-state index in [1.165, 1.54) is 11.1 Å². The molecule has 76 valence electrons. The molecular weight excluding hydrogens is 184 g/mol. The van der Waals surface area contributed by atoms with Gasteiger partial charge >= 0.3 is 0 Å². The lowest BCUT2D eigenvalue weighted by molar-refractivity contribution is 1.13. The van der Waals surface area contributed by atoms with E-state index in [-0.39, 0.29) is 0 Å². The second-order valence-electron chi connectivity index (χ2n) is 3.58. The van der Waals surface area contributed by atoms with Crippen LogP contribution < -0.4 is 5.32 Å². The third kappa shape index (κ3) is 2.81. The molecule has 0 saturated carbocycles. The van der Waals surface area contributed by atoms with Crippen molar-refractivity contribution in [3.05, 3.63) is 59.9 Å². The van der Waals surface area contributed by atoms with Gasteiger partial charge in [0.15, 0.2) is 0 Å². The molecule has 0 aliphatic rings. The van der Waals surface area contributed by atoms with E-state index in [0.717, 1.165) is 12.2 Å². The number of hydrogen-bond acceptors (Lipinski definition) is 2.